The standard InChI is InChI=1S/C16H15Cl2F3N6O/c1-4-26-6-9(17)10(23-26)7-25(3)15(28)13-12(18)14-22-8(2)5-11(16(19,20)21)27(14)24-13/h5-6H,4,7H2,1-3H3. The molecule has 0 aliphatic rings. The van der Waals surface area contributed by atoms with Crippen LogP contribution in [0.1, 0.15) is 34.5 Å². The van der Waals surface area contributed by atoms with Crippen molar-refractivity contribution < 1.29 is 18.0 Å². The van der Waals surface area contributed by atoms with E-state index < -0.39 is 17.8 Å². The SMILES string of the molecule is CCn1cc(Cl)c(CN(C)C(=O)c2nn3c(C(F)(F)F)cc(C)nc3c2Cl)n1. The van der Waals surface area contributed by atoms with Gasteiger partial charge < -0.3 is 4.90 Å². The average molecular weight is 435 g/mol. The number of fused-ring (bicyclic) bond motifs is 1. The summed E-state index contributed by atoms with van der Waals surface area (Å²) in [5.41, 5.74) is -1.09. The highest BCUT2D eigenvalue weighted by atomic mass is 35.5. The third-order valence-corrected chi connectivity index (χ3v) is 4.66. The lowest BCUT2D eigenvalue weighted by Crippen LogP contribution is -2.27. The molecule has 0 spiro atoms. The molecule has 7 nitrogen and oxygen atoms in total. The molecule has 0 aliphatic heterocycles. The molecule has 28 heavy (non-hydrogen) atoms. The molecule has 0 atom stereocenters. The molecule has 0 unspecified atom stereocenters. The molecule has 12 heteroatoms. The van der Waals surface area contributed by atoms with E-state index in [1.165, 1.54) is 18.9 Å². The van der Waals surface area contributed by atoms with Crippen molar-refractivity contribution in [2.45, 2.75) is 33.1 Å². The van der Waals surface area contributed by atoms with Gasteiger partial charge in [0.25, 0.3) is 5.91 Å². The number of aryl methyl sites for hydroxylation is 2. The summed E-state index contributed by atoms with van der Waals surface area (Å²) in [6.07, 6.45) is -3.07. The van der Waals surface area contributed by atoms with Crippen molar-refractivity contribution in [3.63, 3.8) is 0 Å². The van der Waals surface area contributed by atoms with Gasteiger partial charge in [0, 0.05) is 25.5 Å². The molecule has 0 N–H and O–H groups in total. The second-order valence-corrected chi connectivity index (χ2v) is 6.90. The van der Waals surface area contributed by atoms with Crippen molar-refractivity contribution in [3.8, 4) is 0 Å². The monoisotopic (exact) mass is 434 g/mol. The molecule has 0 aromatic carbocycles. The molecule has 0 aliphatic carbocycles. The maximum absolute atomic E-state index is 13.3. The first kappa shape index (κ1) is 20.4. The second kappa shape index (κ2) is 7.25. The third kappa shape index (κ3) is 3.66. The number of hydrogen-bond donors (Lipinski definition) is 0. The first-order valence-electron chi connectivity index (χ1n) is 8.13. The number of carbonyl (C=O) groups excluding carboxylic acids is 1. The molecule has 1 amide bonds. The number of halogens is 5. The molecule has 0 bridgehead atoms. The number of carbonyl (C=O) groups is 1. The Labute approximate surface area is 167 Å². The van der Waals surface area contributed by atoms with Crippen molar-refractivity contribution in [3.05, 3.63) is 45.1 Å². The van der Waals surface area contributed by atoms with E-state index in [0.29, 0.717) is 21.8 Å². The lowest BCUT2D eigenvalue weighted by molar-refractivity contribution is -0.142. The van der Waals surface area contributed by atoms with E-state index in [9.17, 15) is 18.0 Å². The maximum atomic E-state index is 13.3. The van der Waals surface area contributed by atoms with Crippen LogP contribution < -0.4 is 0 Å². The number of hydrogen-bond acceptors (Lipinski definition) is 4. The first-order valence-corrected chi connectivity index (χ1v) is 8.88. The van der Waals surface area contributed by atoms with Crippen molar-refractivity contribution in [1.82, 2.24) is 29.3 Å². The Balaban J connectivity index is 1.99. The van der Waals surface area contributed by atoms with Crippen LogP contribution in [0.3, 0.4) is 0 Å². The van der Waals surface area contributed by atoms with E-state index in [1.54, 1.807) is 10.9 Å². The lowest BCUT2D eigenvalue weighted by Gasteiger charge is -2.14. The number of aromatic nitrogens is 5. The van der Waals surface area contributed by atoms with Crippen LogP contribution in [-0.4, -0.2) is 42.2 Å². The van der Waals surface area contributed by atoms with Crippen LogP contribution in [0.4, 0.5) is 13.2 Å². The zero-order valence-corrected chi connectivity index (χ0v) is 16.6. The van der Waals surface area contributed by atoms with Gasteiger partial charge in [-0.3, -0.25) is 9.48 Å². The largest absolute Gasteiger partial charge is 0.433 e. The molecular weight excluding hydrogens is 420 g/mol. The van der Waals surface area contributed by atoms with Gasteiger partial charge in [-0.05, 0) is 19.9 Å². The zero-order valence-electron chi connectivity index (χ0n) is 15.1. The predicted molar refractivity (Wildman–Crippen MR) is 96.4 cm³/mol. The Hall–Kier alpha value is -2.33. The van der Waals surface area contributed by atoms with Gasteiger partial charge in [0.15, 0.2) is 11.3 Å². The fourth-order valence-corrected chi connectivity index (χ4v) is 3.09. The lowest BCUT2D eigenvalue weighted by atomic mass is 10.3. The summed E-state index contributed by atoms with van der Waals surface area (Å²) in [6, 6.07) is 0.839. The molecule has 150 valence electrons. The quantitative estimate of drug-likeness (QED) is 0.625. The Kier molecular flexibility index (Phi) is 5.28. The number of amides is 1. The smallest absolute Gasteiger partial charge is 0.334 e. The summed E-state index contributed by atoms with van der Waals surface area (Å²) in [7, 11) is 1.45. The minimum Gasteiger partial charge on any atom is -0.334 e. The number of alkyl halides is 3. The summed E-state index contributed by atoms with van der Waals surface area (Å²) < 4.78 is 42.1. The molecule has 3 aromatic heterocycles. The zero-order chi connectivity index (χ0) is 20.8. The highest BCUT2D eigenvalue weighted by Crippen LogP contribution is 2.32. The van der Waals surface area contributed by atoms with Crippen LogP contribution in [0.5, 0.6) is 0 Å². The van der Waals surface area contributed by atoms with Crippen LogP contribution in [0.15, 0.2) is 12.3 Å². The summed E-state index contributed by atoms with van der Waals surface area (Å²) in [5, 5.41) is 8.14. The third-order valence-electron chi connectivity index (χ3n) is 4.00. The summed E-state index contributed by atoms with van der Waals surface area (Å²) >= 11 is 12.2. The summed E-state index contributed by atoms with van der Waals surface area (Å²) in [4.78, 5) is 18.0. The average Bonchev–Trinajstić information content (AvgIpc) is 3.13. The van der Waals surface area contributed by atoms with Gasteiger partial charge in [-0.15, -0.1) is 0 Å². The van der Waals surface area contributed by atoms with Crippen molar-refractivity contribution in [2.24, 2.45) is 0 Å². The highest BCUT2D eigenvalue weighted by Gasteiger charge is 2.36. The van der Waals surface area contributed by atoms with Gasteiger partial charge in [0.1, 0.15) is 16.4 Å². The van der Waals surface area contributed by atoms with Crippen LogP contribution in [0.2, 0.25) is 10.0 Å². The van der Waals surface area contributed by atoms with E-state index in [2.05, 4.69) is 15.2 Å². The maximum Gasteiger partial charge on any atom is 0.433 e. The van der Waals surface area contributed by atoms with Crippen molar-refractivity contribution in [2.75, 3.05) is 7.05 Å². The number of nitrogens with zero attached hydrogens (tertiary/aromatic N) is 6. The Morgan fingerprint density at radius 1 is 1.29 bits per heavy atom. The van der Waals surface area contributed by atoms with Crippen LogP contribution in [-0.2, 0) is 19.3 Å². The van der Waals surface area contributed by atoms with E-state index in [0.717, 1.165) is 6.07 Å². The van der Waals surface area contributed by atoms with Gasteiger partial charge in [0.2, 0.25) is 0 Å². The molecule has 3 aromatic rings. The van der Waals surface area contributed by atoms with Crippen molar-refractivity contribution in [1.29, 1.82) is 0 Å². The van der Waals surface area contributed by atoms with Gasteiger partial charge in [-0.2, -0.15) is 23.4 Å². The molecule has 0 saturated carbocycles. The number of rotatable bonds is 4. The minimum absolute atomic E-state index is 0.0352. The van der Waals surface area contributed by atoms with Gasteiger partial charge >= 0.3 is 6.18 Å². The summed E-state index contributed by atoms with van der Waals surface area (Å²) in [5.74, 6) is -0.677. The van der Waals surface area contributed by atoms with Crippen LogP contribution in [0.25, 0.3) is 5.65 Å². The fraction of sp³-hybridized carbons (Fsp3) is 0.375. The van der Waals surface area contributed by atoms with Crippen molar-refractivity contribution >= 4 is 34.8 Å². The second-order valence-electron chi connectivity index (χ2n) is 6.12. The minimum atomic E-state index is -4.69. The van der Waals surface area contributed by atoms with E-state index in [4.69, 9.17) is 23.2 Å². The van der Waals surface area contributed by atoms with E-state index >= 15 is 0 Å². The molecule has 0 fully saturated rings. The molecule has 3 rings (SSSR count). The topological polar surface area (TPSA) is 68.3 Å². The summed E-state index contributed by atoms with van der Waals surface area (Å²) in [6.45, 7) is 3.91. The van der Waals surface area contributed by atoms with Gasteiger partial charge in [-0.25, -0.2) is 9.50 Å². The molecular formula is C16H15Cl2F3N6O. The van der Waals surface area contributed by atoms with E-state index in [-0.39, 0.29) is 28.6 Å². The molecule has 0 saturated heterocycles. The molecule has 0 radical (unpaired) electrons. The normalized spacial score (nSPS) is 12.0. The van der Waals surface area contributed by atoms with E-state index in [1.807, 2.05) is 6.92 Å². The van der Waals surface area contributed by atoms with Gasteiger partial charge in [0.05, 0.1) is 11.6 Å². The first-order chi connectivity index (χ1) is 13.0. The fourth-order valence-electron chi connectivity index (χ4n) is 2.63. The van der Waals surface area contributed by atoms with Crippen LogP contribution >= 0.6 is 23.2 Å². The van der Waals surface area contributed by atoms with Gasteiger partial charge in [-0.1, -0.05) is 23.2 Å². The Morgan fingerprint density at radius 3 is 2.54 bits per heavy atom. The highest BCUT2D eigenvalue weighted by molar-refractivity contribution is 6.36. The Morgan fingerprint density at radius 2 is 1.96 bits per heavy atom. The van der Waals surface area contributed by atoms with Crippen LogP contribution in [0, 0.1) is 6.92 Å². The Bertz CT molecular complexity index is 1060. The molecule has 3 heterocycles. The predicted octanol–water partition coefficient (Wildman–Crippen LogP) is 3.85.